The summed E-state index contributed by atoms with van der Waals surface area (Å²) in [6.07, 6.45) is 2.09. The summed E-state index contributed by atoms with van der Waals surface area (Å²) in [5.41, 5.74) is 1.39. The second kappa shape index (κ2) is 9.84. The smallest absolute Gasteiger partial charge is 0.0541 e. The molecular weight excluding hydrogens is 335 g/mol. The molecule has 0 aromatic heterocycles. The number of benzene rings is 1. The van der Waals surface area contributed by atoms with E-state index in [0.29, 0.717) is 6.04 Å². The molecule has 2 nitrogen and oxygen atoms in total. The lowest BCUT2D eigenvalue weighted by Gasteiger charge is -2.34. The van der Waals surface area contributed by atoms with Gasteiger partial charge in [0.25, 0.3) is 0 Å². The van der Waals surface area contributed by atoms with E-state index in [4.69, 9.17) is 0 Å². The van der Waals surface area contributed by atoms with Gasteiger partial charge in [0.1, 0.15) is 0 Å². The third kappa shape index (κ3) is 6.13. The minimum Gasteiger partial charge on any atom is -0.314 e. The van der Waals surface area contributed by atoms with E-state index in [1.165, 1.54) is 10.5 Å². The van der Waals surface area contributed by atoms with Crippen molar-refractivity contribution in [2.75, 3.05) is 26.2 Å². The van der Waals surface area contributed by atoms with Crippen LogP contribution in [-0.4, -0.2) is 35.8 Å². The van der Waals surface area contributed by atoms with E-state index in [1.54, 1.807) is 0 Å². The second-order valence-electron chi connectivity index (χ2n) is 6.22. The van der Waals surface area contributed by atoms with E-state index in [-0.39, 0.29) is 29.6 Å². The van der Waals surface area contributed by atoms with Crippen LogP contribution >= 0.6 is 36.6 Å². The highest BCUT2D eigenvalue weighted by Crippen LogP contribution is 2.38. The van der Waals surface area contributed by atoms with Crippen LogP contribution < -0.4 is 5.32 Å². The molecule has 1 fully saturated rings. The molecule has 2 rings (SSSR count). The maximum Gasteiger partial charge on any atom is 0.0541 e. The molecule has 126 valence electrons. The molecule has 1 saturated heterocycles. The number of hydrogen-bond acceptors (Lipinski definition) is 3. The average Bonchev–Trinajstić information content (AvgIpc) is 2.41. The summed E-state index contributed by atoms with van der Waals surface area (Å²) in [7, 11) is 0. The number of piperazine rings is 1. The van der Waals surface area contributed by atoms with Crippen LogP contribution in [0, 0.1) is 0 Å². The molecule has 0 bridgehead atoms. The fraction of sp³-hybridized carbons (Fsp3) is 0.529. The second-order valence-corrected chi connectivity index (χ2v) is 8.09. The normalized spacial score (nSPS) is 17.0. The molecule has 0 unspecified atom stereocenters. The van der Waals surface area contributed by atoms with Crippen molar-refractivity contribution in [2.24, 2.45) is 0 Å². The highest BCUT2D eigenvalue weighted by atomic mass is 35.5. The SMILES string of the molecule is C=C[C@H](c1ccccc1SC(C)(C)C)N1CCNCC1.Cl.Cl. The van der Waals surface area contributed by atoms with Gasteiger partial charge in [-0.3, -0.25) is 4.90 Å². The Kier molecular flexibility index (Phi) is 9.75. The highest BCUT2D eigenvalue weighted by Gasteiger charge is 2.23. The van der Waals surface area contributed by atoms with Crippen molar-refractivity contribution in [1.29, 1.82) is 0 Å². The Hall–Kier alpha value is -0.190. The summed E-state index contributed by atoms with van der Waals surface area (Å²) in [5.74, 6) is 0. The summed E-state index contributed by atoms with van der Waals surface area (Å²) in [4.78, 5) is 3.90. The minimum absolute atomic E-state index is 0. The van der Waals surface area contributed by atoms with Crippen LogP contribution in [0.4, 0.5) is 0 Å². The Labute approximate surface area is 151 Å². The van der Waals surface area contributed by atoms with Crippen molar-refractivity contribution >= 4 is 36.6 Å². The van der Waals surface area contributed by atoms with Gasteiger partial charge >= 0.3 is 0 Å². The number of nitrogens with one attached hydrogen (secondary N) is 1. The van der Waals surface area contributed by atoms with Gasteiger partial charge in [0.05, 0.1) is 6.04 Å². The van der Waals surface area contributed by atoms with Gasteiger partial charge in [-0.15, -0.1) is 43.2 Å². The van der Waals surface area contributed by atoms with Gasteiger partial charge in [0.15, 0.2) is 0 Å². The Morgan fingerprint density at radius 3 is 2.32 bits per heavy atom. The molecule has 0 aliphatic carbocycles. The Morgan fingerprint density at radius 1 is 1.18 bits per heavy atom. The summed E-state index contributed by atoms with van der Waals surface area (Å²) in [5, 5.41) is 3.42. The molecule has 1 heterocycles. The first-order chi connectivity index (χ1) is 9.51. The van der Waals surface area contributed by atoms with E-state index >= 15 is 0 Å². The summed E-state index contributed by atoms with van der Waals surface area (Å²) < 4.78 is 0.227. The summed E-state index contributed by atoms with van der Waals surface area (Å²) in [6.45, 7) is 15.2. The largest absolute Gasteiger partial charge is 0.314 e. The van der Waals surface area contributed by atoms with Gasteiger partial charge in [-0.2, -0.15) is 0 Å². The lowest BCUT2D eigenvalue weighted by molar-refractivity contribution is 0.202. The molecule has 1 aromatic rings. The van der Waals surface area contributed by atoms with Gasteiger partial charge < -0.3 is 5.32 Å². The number of nitrogens with zero attached hydrogens (tertiary/aromatic N) is 1. The first kappa shape index (κ1) is 21.8. The van der Waals surface area contributed by atoms with Crippen molar-refractivity contribution < 1.29 is 0 Å². The van der Waals surface area contributed by atoms with Crippen LogP contribution in [0.1, 0.15) is 32.4 Å². The quantitative estimate of drug-likeness (QED) is 0.624. The fourth-order valence-corrected chi connectivity index (χ4v) is 3.69. The zero-order chi connectivity index (χ0) is 14.6. The molecule has 0 radical (unpaired) electrons. The van der Waals surface area contributed by atoms with Crippen molar-refractivity contribution in [3.63, 3.8) is 0 Å². The standard InChI is InChI=1S/C17H26N2S.2ClH/c1-5-15(19-12-10-18-11-13-19)14-8-6-7-9-16(14)20-17(2,3)4;;/h5-9,15,18H,1,10-13H2,2-4H3;2*1H/t15-;;/m1../s1. The molecule has 22 heavy (non-hydrogen) atoms. The maximum absolute atomic E-state index is 4.08. The summed E-state index contributed by atoms with van der Waals surface area (Å²) >= 11 is 1.94. The number of rotatable bonds is 4. The Bertz CT molecular complexity index is 454. The molecule has 1 atom stereocenters. The van der Waals surface area contributed by atoms with Crippen LogP contribution in [-0.2, 0) is 0 Å². The molecule has 1 aliphatic rings. The topological polar surface area (TPSA) is 15.3 Å². The van der Waals surface area contributed by atoms with E-state index in [2.05, 4.69) is 67.9 Å². The van der Waals surface area contributed by atoms with Crippen molar-refractivity contribution in [2.45, 2.75) is 36.5 Å². The predicted octanol–water partition coefficient (Wildman–Crippen LogP) is 4.55. The molecule has 0 saturated carbocycles. The van der Waals surface area contributed by atoms with Crippen LogP contribution in [0.15, 0.2) is 41.8 Å². The van der Waals surface area contributed by atoms with Crippen LogP contribution in [0.3, 0.4) is 0 Å². The first-order valence-electron chi connectivity index (χ1n) is 7.36. The van der Waals surface area contributed by atoms with E-state index < -0.39 is 0 Å². The molecule has 5 heteroatoms. The lowest BCUT2D eigenvalue weighted by Crippen LogP contribution is -2.44. The van der Waals surface area contributed by atoms with Crippen LogP contribution in [0.5, 0.6) is 0 Å². The summed E-state index contributed by atoms with van der Waals surface area (Å²) in [6, 6.07) is 9.09. The van der Waals surface area contributed by atoms with Gasteiger partial charge in [0.2, 0.25) is 0 Å². The van der Waals surface area contributed by atoms with Crippen LogP contribution in [0.2, 0.25) is 0 Å². The van der Waals surface area contributed by atoms with E-state index in [0.717, 1.165) is 26.2 Å². The van der Waals surface area contributed by atoms with Gasteiger partial charge in [-0.05, 0) is 11.6 Å². The fourth-order valence-electron chi connectivity index (χ4n) is 2.58. The van der Waals surface area contributed by atoms with Gasteiger partial charge in [-0.1, -0.05) is 45.0 Å². The zero-order valence-electron chi connectivity index (χ0n) is 13.7. The minimum atomic E-state index is 0. The first-order valence-corrected chi connectivity index (χ1v) is 8.18. The maximum atomic E-state index is 4.08. The van der Waals surface area contributed by atoms with Crippen molar-refractivity contribution in [3.05, 3.63) is 42.5 Å². The molecular formula is C17H28Cl2N2S. The van der Waals surface area contributed by atoms with Crippen molar-refractivity contribution in [1.82, 2.24) is 10.2 Å². The molecule has 0 spiro atoms. The molecule has 0 amide bonds. The number of hydrogen-bond donors (Lipinski definition) is 1. The molecule has 1 aromatic carbocycles. The molecule has 1 N–H and O–H groups in total. The number of halogens is 2. The third-order valence-corrected chi connectivity index (χ3v) is 4.63. The third-order valence-electron chi connectivity index (χ3n) is 3.42. The van der Waals surface area contributed by atoms with E-state index in [9.17, 15) is 0 Å². The molecule has 1 aliphatic heterocycles. The van der Waals surface area contributed by atoms with Crippen LogP contribution in [0.25, 0.3) is 0 Å². The predicted molar refractivity (Wildman–Crippen MR) is 104 cm³/mol. The lowest BCUT2D eigenvalue weighted by atomic mass is 10.0. The van der Waals surface area contributed by atoms with E-state index in [1.807, 2.05) is 11.8 Å². The van der Waals surface area contributed by atoms with Crippen molar-refractivity contribution in [3.8, 4) is 0 Å². The monoisotopic (exact) mass is 362 g/mol. The Balaban J connectivity index is 0.00000220. The van der Waals surface area contributed by atoms with Gasteiger partial charge in [-0.25, -0.2) is 0 Å². The van der Waals surface area contributed by atoms with Gasteiger partial charge in [0, 0.05) is 35.8 Å². The Morgan fingerprint density at radius 2 is 1.77 bits per heavy atom. The average molecular weight is 363 g/mol. The highest BCUT2D eigenvalue weighted by molar-refractivity contribution is 8.00. The zero-order valence-corrected chi connectivity index (χ0v) is 16.1. The number of thioether (sulfide) groups is 1.